The van der Waals surface area contributed by atoms with Crippen LogP contribution in [0.1, 0.15) is 26.2 Å². The molecule has 1 unspecified atom stereocenters. The van der Waals surface area contributed by atoms with Gasteiger partial charge < -0.3 is 4.79 Å². The van der Waals surface area contributed by atoms with Gasteiger partial charge in [0, 0.05) is 0 Å². The Labute approximate surface area is 73.6 Å². The number of aldehydes is 1. The molecule has 0 aliphatic carbocycles. The second-order valence-electron chi connectivity index (χ2n) is 2.55. The first-order chi connectivity index (χ1) is 5.85. The molecule has 68 valence electrons. The normalized spacial score (nSPS) is 13.1. The Morgan fingerprint density at radius 2 is 2.25 bits per heavy atom. The van der Waals surface area contributed by atoms with Crippen LogP contribution in [0.2, 0.25) is 0 Å². The monoisotopic (exact) mass is 168 g/mol. The number of rotatable bonds is 7. The number of hydrogen-bond donors (Lipinski definition) is 0. The van der Waals surface area contributed by atoms with Gasteiger partial charge in [-0.3, -0.25) is 0 Å². The summed E-state index contributed by atoms with van der Waals surface area (Å²) in [5.41, 5.74) is 0. The third-order valence-electron chi connectivity index (χ3n) is 1.46. The summed E-state index contributed by atoms with van der Waals surface area (Å²) in [5, 5.41) is 7.64. The van der Waals surface area contributed by atoms with Gasteiger partial charge in [-0.25, -0.2) is 0 Å². The van der Waals surface area contributed by atoms with Crippen molar-refractivity contribution in [2.45, 2.75) is 32.2 Å². The summed E-state index contributed by atoms with van der Waals surface area (Å²) in [6.07, 6.45) is 5.60. The molecule has 0 saturated heterocycles. The molecule has 0 aromatic carbocycles. The second-order valence-corrected chi connectivity index (χ2v) is 2.55. The van der Waals surface area contributed by atoms with E-state index in [9.17, 15) is 4.79 Å². The lowest BCUT2D eigenvalue weighted by Crippen LogP contribution is -1.99. The van der Waals surface area contributed by atoms with E-state index in [0.29, 0.717) is 6.54 Å². The van der Waals surface area contributed by atoms with Crippen LogP contribution in [0.15, 0.2) is 22.9 Å². The largest absolute Gasteiger partial charge is 0.301 e. The molecular weight excluding hydrogens is 152 g/mol. The first kappa shape index (κ1) is 11.0. The van der Waals surface area contributed by atoms with E-state index >= 15 is 0 Å². The molecule has 0 aromatic heterocycles. The van der Waals surface area contributed by atoms with Crippen LogP contribution in [0, 0.1) is 0 Å². The summed E-state index contributed by atoms with van der Waals surface area (Å²) in [6.45, 7) is 6.31. The third-order valence-corrected chi connectivity index (χ3v) is 1.46. The molecule has 0 N–H and O–H groups in total. The van der Waals surface area contributed by atoms with Gasteiger partial charge in [0.15, 0.2) is 0 Å². The lowest BCUT2D eigenvalue weighted by Gasteiger charge is -1.94. The van der Waals surface area contributed by atoms with Crippen LogP contribution in [0.5, 0.6) is 0 Å². The van der Waals surface area contributed by atoms with Crippen molar-refractivity contribution in [3.05, 3.63) is 12.7 Å². The van der Waals surface area contributed by atoms with E-state index in [0.717, 1.165) is 12.7 Å². The first-order valence-corrected chi connectivity index (χ1v) is 4.29. The number of hydrogen-bond acceptors (Lipinski definition) is 3. The van der Waals surface area contributed by atoms with Crippen LogP contribution in [0.4, 0.5) is 0 Å². The van der Waals surface area contributed by atoms with E-state index in [1.807, 2.05) is 0 Å². The highest BCUT2D eigenvalue weighted by atomic mass is 16.1. The van der Waals surface area contributed by atoms with Gasteiger partial charge >= 0.3 is 0 Å². The van der Waals surface area contributed by atoms with Crippen molar-refractivity contribution in [2.24, 2.45) is 10.2 Å². The molecule has 0 saturated carbocycles. The standard InChI is InChI=1S/C9H16N2O/c1-3-5-6-7-10-11-9(4-2)8-12/h4,8-9H,2-3,5-7H2,1H3. The minimum Gasteiger partial charge on any atom is -0.301 e. The Bertz CT molecular complexity index is 147. The number of carbonyl (C=O) groups excluding carboxylic acids is 1. The van der Waals surface area contributed by atoms with Crippen LogP contribution in [-0.2, 0) is 4.79 Å². The maximum Gasteiger partial charge on any atom is 0.150 e. The van der Waals surface area contributed by atoms with E-state index in [1.165, 1.54) is 18.9 Å². The molecule has 3 nitrogen and oxygen atoms in total. The molecule has 1 atom stereocenters. The molecule has 0 amide bonds. The molecule has 0 rings (SSSR count). The Morgan fingerprint density at radius 1 is 1.50 bits per heavy atom. The molecule has 0 heterocycles. The van der Waals surface area contributed by atoms with Gasteiger partial charge in [-0.05, 0) is 6.42 Å². The highest BCUT2D eigenvalue weighted by Gasteiger charge is 1.95. The summed E-state index contributed by atoms with van der Waals surface area (Å²) in [4.78, 5) is 10.2. The van der Waals surface area contributed by atoms with Crippen molar-refractivity contribution < 1.29 is 4.79 Å². The fourth-order valence-corrected chi connectivity index (χ4v) is 0.714. The Kier molecular flexibility index (Phi) is 7.44. The zero-order valence-electron chi connectivity index (χ0n) is 7.57. The molecule has 0 bridgehead atoms. The van der Waals surface area contributed by atoms with Crippen molar-refractivity contribution in [2.75, 3.05) is 6.54 Å². The van der Waals surface area contributed by atoms with Gasteiger partial charge in [0.2, 0.25) is 0 Å². The summed E-state index contributed by atoms with van der Waals surface area (Å²) < 4.78 is 0. The molecule has 0 aliphatic rings. The van der Waals surface area contributed by atoms with Crippen molar-refractivity contribution in [3.63, 3.8) is 0 Å². The highest BCUT2D eigenvalue weighted by molar-refractivity contribution is 5.60. The smallest absolute Gasteiger partial charge is 0.150 e. The molecule has 0 fully saturated rings. The molecule has 0 aliphatic heterocycles. The van der Waals surface area contributed by atoms with Crippen molar-refractivity contribution in [1.29, 1.82) is 0 Å². The van der Waals surface area contributed by atoms with Gasteiger partial charge in [0.1, 0.15) is 12.3 Å². The molecular formula is C9H16N2O. The maximum atomic E-state index is 10.2. The number of carbonyl (C=O) groups is 1. The second kappa shape index (κ2) is 8.11. The van der Waals surface area contributed by atoms with Crippen LogP contribution < -0.4 is 0 Å². The molecule has 0 aromatic rings. The van der Waals surface area contributed by atoms with Crippen molar-refractivity contribution >= 4 is 6.29 Å². The van der Waals surface area contributed by atoms with E-state index in [-0.39, 0.29) is 0 Å². The topological polar surface area (TPSA) is 41.8 Å². The van der Waals surface area contributed by atoms with Crippen molar-refractivity contribution in [1.82, 2.24) is 0 Å². The summed E-state index contributed by atoms with van der Waals surface area (Å²) in [5.74, 6) is 0. The fraction of sp³-hybridized carbons (Fsp3) is 0.667. The minimum atomic E-state index is -0.452. The predicted molar refractivity (Wildman–Crippen MR) is 49.3 cm³/mol. The van der Waals surface area contributed by atoms with Crippen LogP contribution in [0.25, 0.3) is 0 Å². The lowest BCUT2D eigenvalue weighted by molar-refractivity contribution is -0.108. The maximum absolute atomic E-state index is 10.2. The molecule has 12 heavy (non-hydrogen) atoms. The van der Waals surface area contributed by atoms with Crippen LogP contribution >= 0.6 is 0 Å². The average molecular weight is 168 g/mol. The van der Waals surface area contributed by atoms with Crippen LogP contribution in [0.3, 0.4) is 0 Å². The van der Waals surface area contributed by atoms with Gasteiger partial charge in [0.25, 0.3) is 0 Å². The van der Waals surface area contributed by atoms with Crippen molar-refractivity contribution in [3.8, 4) is 0 Å². The zero-order valence-corrected chi connectivity index (χ0v) is 7.57. The summed E-state index contributed by atoms with van der Waals surface area (Å²) in [6, 6.07) is -0.452. The van der Waals surface area contributed by atoms with Gasteiger partial charge in [-0.2, -0.15) is 10.2 Å². The first-order valence-electron chi connectivity index (χ1n) is 4.29. The van der Waals surface area contributed by atoms with E-state index in [2.05, 4.69) is 23.7 Å². The third kappa shape index (κ3) is 5.77. The van der Waals surface area contributed by atoms with Crippen LogP contribution in [-0.4, -0.2) is 18.9 Å². The predicted octanol–water partition coefficient (Wildman–Crippen LogP) is 2.38. The summed E-state index contributed by atoms with van der Waals surface area (Å²) in [7, 11) is 0. The summed E-state index contributed by atoms with van der Waals surface area (Å²) >= 11 is 0. The molecule has 0 radical (unpaired) electrons. The lowest BCUT2D eigenvalue weighted by atomic mass is 10.3. The van der Waals surface area contributed by atoms with E-state index in [4.69, 9.17) is 0 Å². The van der Waals surface area contributed by atoms with Gasteiger partial charge in [-0.15, -0.1) is 6.58 Å². The number of azo groups is 1. The number of nitrogens with zero attached hydrogens (tertiary/aromatic N) is 2. The van der Waals surface area contributed by atoms with Gasteiger partial charge in [0.05, 0.1) is 6.54 Å². The van der Waals surface area contributed by atoms with Gasteiger partial charge in [-0.1, -0.05) is 25.8 Å². The quantitative estimate of drug-likeness (QED) is 0.249. The van der Waals surface area contributed by atoms with E-state index < -0.39 is 6.04 Å². The SMILES string of the molecule is C=CC(C=O)N=NCCCCC. The fourth-order valence-electron chi connectivity index (χ4n) is 0.714. The molecule has 0 spiro atoms. The Morgan fingerprint density at radius 3 is 2.75 bits per heavy atom. The molecule has 3 heteroatoms. The zero-order chi connectivity index (χ0) is 9.23. The highest BCUT2D eigenvalue weighted by Crippen LogP contribution is 1.95. The van der Waals surface area contributed by atoms with E-state index in [1.54, 1.807) is 0 Å². The Hall–Kier alpha value is -0.990. The minimum absolute atomic E-state index is 0.452. The average Bonchev–Trinajstić information content (AvgIpc) is 2.11. The Balaban J connectivity index is 3.45. The number of unbranched alkanes of at least 4 members (excludes halogenated alkanes) is 2.